The van der Waals surface area contributed by atoms with Crippen LogP contribution >= 0.6 is 46.1 Å². The Bertz CT molecular complexity index is 698. The van der Waals surface area contributed by atoms with Gasteiger partial charge in [-0.05, 0) is 18.2 Å². The van der Waals surface area contributed by atoms with Crippen LogP contribution in [0.25, 0.3) is 0 Å². The number of rotatable bonds is 6. The Kier molecular flexibility index (Phi) is 6.20. The molecular weight excluding hydrogens is 372 g/mol. The van der Waals surface area contributed by atoms with Gasteiger partial charge in [0.05, 0.1) is 15.6 Å². The van der Waals surface area contributed by atoms with Gasteiger partial charge >= 0.3 is 0 Å². The van der Waals surface area contributed by atoms with Crippen molar-refractivity contribution in [2.45, 2.75) is 13.0 Å². The van der Waals surface area contributed by atoms with E-state index in [0.717, 1.165) is 11.3 Å². The summed E-state index contributed by atoms with van der Waals surface area (Å²) in [4.78, 5) is 16.8. The van der Waals surface area contributed by atoms with Crippen LogP contribution in [-0.2, 0) is 11.4 Å². The van der Waals surface area contributed by atoms with Gasteiger partial charge in [-0.2, -0.15) is 0 Å². The number of oxime groups is 1. The number of hydrogen-bond acceptors (Lipinski definition) is 4. The first kappa shape index (κ1) is 17.2. The predicted octanol–water partition coefficient (Wildman–Crippen LogP) is 5.62. The molecule has 2 aromatic rings. The van der Waals surface area contributed by atoms with Crippen LogP contribution < -0.4 is 0 Å². The molecule has 22 heavy (non-hydrogen) atoms. The Morgan fingerprint density at radius 3 is 2.77 bits per heavy atom. The molecule has 1 heterocycles. The van der Waals surface area contributed by atoms with Gasteiger partial charge in [-0.3, -0.25) is 4.79 Å². The zero-order chi connectivity index (χ0) is 16.1. The van der Waals surface area contributed by atoms with Crippen molar-refractivity contribution < 1.29 is 14.0 Å². The average Bonchev–Trinajstić information content (AvgIpc) is 2.80. The molecule has 0 unspecified atom stereocenters. The van der Waals surface area contributed by atoms with Crippen molar-refractivity contribution in [2.75, 3.05) is 0 Å². The molecule has 3 nitrogen and oxygen atoms in total. The first-order chi connectivity index (χ1) is 10.5. The fourth-order valence-electron chi connectivity index (χ4n) is 1.59. The molecule has 0 spiro atoms. The van der Waals surface area contributed by atoms with E-state index in [4.69, 9.17) is 39.6 Å². The highest BCUT2D eigenvalue weighted by Gasteiger charge is 2.13. The molecule has 1 aromatic heterocycles. The molecule has 2 rings (SSSR count). The highest BCUT2D eigenvalue weighted by atomic mass is 35.5. The lowest BCUT2D eigenvalue weighted by atomic mass is 10.2. The Morgan fingerprint density at radius 2 is 2.14 bits per heavy atom. The van der Waals surface area contributed by atoms with Gasteiger partial charge in [-0.15, -0.1) is 11.3 Å². The molecule has 0 saturated heterocycles. The zero-order valence-corrected chi connectivity index (χ0v) is 14.1. The van der Waals surface area contributed by atoms with Crippen LogP contribution in [0.4, 0.5) is 4.39 Å². The Balaban J connectivity index is 1.86. The van der Waals surface area contributed by atoms with Crippen molar-refractivity contribution in [3.63, 3.8) is 0 Å². The normalized spacial score (nSPS) is 11.1. The molecule has 0 atom stereocenters. The largest absolute Gasteiger partial charge is 0.391 e. The summed E-state index contributed by atoms with van der Waals surface area (Å²) < 4.78 is 14.2. The highest BCUT2D eigenvalue weighted by molar-refractivity contribution is 7.20. The van der Waals surface area contributed by atoms with Crippen molar-refractivity contribution in [3.8, 4) is 0 Å². The lowest BCUT2D eigenvalue weighted by molar-refractivity contribution is 0.0996. The number of ketones is 1. The fraction of sp³-hybridized carbons (Fsp3) is 0.143. The Labute approximate surface area is 145 Å². The van der Waals surface area contributed by atoms with Crippen molar-refractivity contribution in [1.82, 2.24) is 0 Å². The fourth-order valence-corrected chi connectivity index (χ4v) is 3.30. The minimum atomic E-state index is -0.474. The van der Waals surface area contributed by atoms with Crippen molar-refractivity contribution in [3.05, 3.63) is 54.9 Å². The van der Waals surface area contributed by atoms with Gasteiger partial charge < -0.3 is 4.84 Å². The number of Topliss-reactive ketones (excluding diaryl/α,β-unsaturated/α-hetero) is 1. The summed E-state index contributed by atoms with van der Waals surface area (Å²) in [6, 6.07) is 5.84. The number of halogens is 4. The van der Waals surface area contributed by atoms with Crippen LogP contribution in [0.2, 0.25) is 13.7 Å². The molecule has 116 valence electrons. The number of carbonyl (C=O) groups is 1. The van der Waals surface area contributed by atoms with Gasteiger partial charge in [0.15, 0.2) is 5.78 Å². The lowest BCUT2D eigenvalue weighted by Gasteiger charge is -2.03. The van der Waals surface area contributed by atoms with E-state index in [0.29, 0.717) is 14.2 Å². The van der Waals surface area contributed by atoms with Crippen LogP contribution in [0.5, 0.6) is 0 Å². The topological polar surface area (TPSA) is 38.7 Å². The molecule has 0 radical (unpaired) electrons. The second-order valence-corrected chi connectivity index (χ2v) is 6.82. The standard InChI is InChI=1S/C14H9Cl3FNO2S/c15-10-2-1-3-11(18)9(10)7-21-19-5-4-12(20)8-6-13(16)22-14(8)17/h1-3,5-6H,4,7H2/b19-5-. The van der Waals surface area contributed by atoms with E-state index in [1.54, 1.807) is 6.07 Å². The summed E-state index contributed by atoms with van der Waals surface area (Å²) in [6.45, 7) is -0.124. The maximum atomic E-state index is 13.5. The van der Waals surface area contributed by atoms with E-state index >= 15 is 0 Å². The summed E-state index contributed by atoms with van der Waals surface area (Å²) in [7, 11) is 0. The van der Waals surface area contributed by atoms with Crippen LogP contribution in [0, 0.1) is 5.82 Å². The molecule has 0 aliphatic heterocycles. The molecule has 0 amide bonds. The Morgan fingerprint density at radius 1 is 1.36 bits per heavy atom. The van der Waals surface area contributed by atoms with Crippen molar-refractivity contribution >= 4 is 58.1 Å². The van der Waals surface area contributed by atoms with Crippen LogP contribution in [0.3, 0.4) is 0 Å². The van der Waals surface area contributed by atoms with Gasteiger partial charge in [-0.1, -0.05) is 46.0 Å². The third-order valence-corrected chi connectivity index (χ3v) is 4.50. The molecule has 0 saturated carbocycles. The van der Waals surface area contributed by atoms with Crippen LogP contribution in [0.15, 0.2) is 29.4 Å². The average molecular weight is 381 g/mol. The number of nitrogens with zero attached hydrogens (tertiary/aromatic N) is 1. The maximum absolute atomic E-state index is 13.5. The van der Waals surface area contributed by atoms with E-state index < -0.39 is 5.82 Å². The third kappa shape index (κ3) is 4.43. The highest BCUT2D eigenvalue weighted by Crippen LogP contribution is 2.31. The van der Waals surface area contributed by atoms with Gasteiger partial charge in [-0.25, -0.2) is 4.39 Å². The number of thiophene rings is 1. The summed E-state index contributed by atoms with van der Waals surface area (Å²) >= 11 is 18.6. The third-order valence-electron chi connectivity index (χ3n) is 2.65. The smallest absolute Gasteiger partial charge is 0.170 e. The SMILES string of the molecule is O=C(C/C=N\OCc1c(F)cccc1Cl)c1cc(Cl)sc1Cl. The van der Waals surface area contributed by atoms with Crippen molar-refractivity contribution in [1.29, 1.82) is 0 Å². The monoisotopic (exact) mass is 379 g/mol. The molecule has 0 bridgehead atoms. The summed E-state index contributed by atoms with van der Waals surface area (Å²) in [6.07, 6.45) is 1.27. The molecule has 0 fully saturated rings. The molecule has 0 aliphatic rings. The summed E-state index contributed by atoms with van der Waals surface area (Å²) in [5.41, 5.74) is 0.556. The van der Waals surface area contributed by atoms with Gasteiger partial charge in [0.2, 0.25) is 0 Å². The van der Waals surface area contributed by atoms with E-state index in [1.807, 2.05) is 0 Å². The molecule has 1 aromatic carbocycles. The Hall–Kier alpha value is -1.14. The quantitative estimate of drug-likeness (QED) is 0.370. The maximum Gasteiger partial charge on any atom is 0.170 e. The number of hydrogen-bond donors (Lipinski definition) is 0. The second kappa shape index (κ2) is 7.92. The molecule has 0 N–H and O–H groups in total. The first-order valence-electron chi connectivity index (χ1n) is 6.03. The number of carbonyl (C=O) groups excluding carboxylic acids is 1. The first-order valence-corrected chi connectivity index (χ1v) is 7.98. The van der Waals surface area contributed by atoms with Crippen LogP contribution in [0.1, 0.15) is 22.3 Å². The van der Waals surface area contributed by atoms with Crippen molar-refractivity contribution in [2.24, 2.45) is 5.16 Å². The van der Waals surface area contributed by atoms with E-state index in [-0.39, 0.29) is 29.4 Å². The lowest BCUT2D eigenvalue weighted by Crippen LogP contribution is -1.99. The zero-order valence-electron chi connectivity index (χ0n) is 11.0. The summed E-state index contributed by atoms with van der Waals surface area (Å²) in [5, 5.41) is 3.86. The van der Waals surface area contributed by atoms with Crippen LogP contribution in [-0.4, -0.2) is 12.0 Å². The predicted molar refractivity (Wildman–Crippen MR) is 88.0 cm³/mol. The van der Waals surface area contributed by atoms with Gasteiger partial charge in [0.1, 0.15) is 16.8 Å². The minimum Gasteiger partial charge on any atom is -0.391 e. The minimum absolute atomic E-state index is 0.00220. The molecule has 8 heteroatoms. The van der Waals surface area contributed by atoms with E-state index in [2.05, 4.69) is 5.16 Å². The van der Waals surface area contributed by atoms with E-state index in [1.165, 1.54) is 24.4 Å². The molecular formula is C14H9Cl3FNO2S. The van der Waals surface area contributed by atoms with Gasteiger partial charge in [0, 0.05) is 17.5 Å². The summed E-state index contributed by atoms with van der Waals surface area (Å²) in [5.74, 6) is -0.706. The molecule has 0 aliphatic carbocycles. The number of benzene rings is 1. The van der Waals surface area contributed by atoms with E-state index in [9.17, 15) is 9.18 Å². The second-order valence-electron chi connectivity index (χ2n) is 4.13. The van der Waals surface area contributed by atoms with Gasteiger partial charge in [0.25, 0.3) is 0 Å².